The number of carbonyl (C=O) groups is 1. The van der Waals surface area contributed by atoms with Crippen molar-refractivity contribution in [2.45, 2.75) is 48.3 Å². The Labute approximate surface area is 261 Å². The van der Waals surface area contributed by atoms with E-state index in [1.54, 1.807) is 6.07 Å². The number of benzene rings is 1. The molecule has 12 nitrogen and oxygen atoms in total. The van der Waals surface area contributed by atoms with Gasteiger partial charge in [0.15, 0.2) is 5.50 Å². The lowest BCUT2D eigenvalue weighted by atomic mass is 10.1. The van der Waals surface area contributed by atoms with E-state index in [9.17, 15) is 43.5 Å². The lowest BCUT2D eigenvalue weighted by Crippen LogP contribution is -2.58. The smallest absolute Gasteiger partial charge is 0.410 e. The second-order valence-electron chi connectivity index (χ2n) is 10.0. The van der Waals surface area contributed by atoms with Crippen LogP contribution in [-0.4, -0.2) is 70.4 Å². The Morgan fingerprint density at radius 1 is 1.13 bits per heavy atom. The van der Waals surface area contributed by atoms with Crippen LogP contribution in [0.25, 0.3) is 22.2 Å². The molecule has 0 spiro atoms. The summed E-state index contributed by atoms with van der Waals surface area (Å²) in [4.78, 5) is 25.7. The number of aliphatic hydroxyl groups is 5. The van der Waals surface area contributed by atoms with Crippen LogP contribution in [0.4, 0.5) is 13.2 Å². The van der Waals surface area contributed by atoms with Gasteiger partial charge in [0, 0.05) is 39.6 Å². The first-order chi connectivity index (χ1) is 21.0. The summed E-state index contributed by atoms with van der Waals surface area (Å²) >= 11 is 7.24. The number of thioether (sulfide) groups is 1. The Hall–Kier alpha value is -3.61. The van der Waals surface area contributed by atoms with Crippen molar-refractivity contribution < 1.29 is 53.0 Å². The normalized spacial score (nSPS) is 15.8. The number of alkyl halides is 3. The maximum atomic E-state index is 14.0. The molecule has 1 aliphatic heterocycles. The molecule has 0 aliphatic carbocycles. The maximum Gasteiger partial charge on any atom is 0.410 e. The Kier molecular flexibility index (Phi) is 8.96. The highest BCUT2D eigenvalue weighted by atomic mass is 35.5. The van der Waals surface area contributed by atoms with Gasteiger partial charge in [-0.1, -0.05) is 23.4 Å². The second kappa shape index (κ2) is 12.3. The van der Waals surface area contributed by atoms with E-state index in [1.807, 2.05) is 0 Å². The number of aromatic nitrogens is 3. The van der Waals surface area contributed by atoms with Gasteiger partial charge in [0.05, 0.1) is 42.2 Å². The molecule has 0 radical (unpaired) electrons. The summed E-state index contributed by atoms with van der Waals surface area (Å²) in [5.41, 5.74) is -0.904. The minimum atomic E-state index is -4.22. The van der Waals surface area contributed by atoms with E-state index >= 15 is 0 Å². The van der Waals surface area contributed by atoms with Crippen molar-refractivity contribution in [3.8, 4) is 17.1 Å². The summed E-state index contributed by atoms with van der Waals surface area (Å²) in [6.07, 6.45) is 1.46. The number of carbonyl (C=O) groups excluding carboxylic acids is 1. The molecule has 45 heavy (non-hydrogen) atoms. The van der Waals surface area contributed by atoms with Crippen molar-refractivity contribution in [3.63, 3.8) is 0 Å². The Morgan fingerprint density at radius 3 is 2.60 bits per heavy atom. The van der Waals surface area contributed by atoms with Gasteiger partial charge in [-0.3, -0.25) is 9.78 Å². The number of hydrogen-bond acceptors (Lipinski definition) is 12. The summed E-state index contributed by atoms with van der Waals surface area (Å²) in [5.74, 6) is -13.2. The van der Waals surface area contributed by atoms with Gasteiger partial charge in [-0.2, -0.15) is 8.78 Å². The zero-order valence-corrected chi connectivity index (χ0v) is 24.6. The van der Waals surface area contributed by atoms with Crippen LogP contribution in [0.2, 0.25) is 5.02 Å². The average molecular weight is 669 g/mol. The fraction of sp³-hybridized carbons (Fsp3) is 0.286. The molecule has 238 valence electrons. The standard InChI is InChI=1S/C28H24ClF3N4O8S/c1-26(31,32)22-5-3-16(25(36-22)44-28(41,42)27(38,39)40)19-4-2-13-9-33-15(8-20(13)35-19)10-34-24(37)14-6-18(29)17-11-43-12-23(30)45-21(17)7-14/h2-9,23,38-42H,10-12H2,1H3,(H,34,37). The van der Waals surface area contributed by atoms with Gasteiger partial charge >= 0.3 is 11.9 Å². The van der Waals surface area contributed by atoms with Gasteiger partial charge in [-0.25, -0.2) is 14.4 Å². The lowest BCUT2D eigenvalue weighted by Gasteiger charge is -2.29. The SMILES string of the molecule is CC(F)(F)c1ccc(-c2ccc3cnc(CNC(=O)c4cc(Cl)c5c(c4)SC(F)COC5)cc3n2)c(OC(O)(O)C(O)(O)O)n1. The maximum absolute atomic E-state index is 14.0. The van der Waals surface area contributed by atoms with Crippen molar-refractivity contribution >= 4 is 40.2 Å². The number of rotatable bonds is 8. The van der Waals surface area contributed by atoms with Gasteiger partial charge < -0.3 is 40.3 Å². The molecule has 1 unspecified atom stereocenters. The molecule has 0 saturated carbocycles. The molecular weight excluding hydrogens is 645 g/mol. The van der Waals surface area contributed by atoms with E-state index in [-0.39, 0.29) is 41.6 Å². The number of halogens is 4. The molecule has 0 saturated heterocycles. The number of ether oxygens (including phenoxy) is 2. The van der Waals surface area contributed by atoms with Crippen molar-refractivity contribution in [3.05, 3.63) is 76.2 Å². The first kappa shape index (κ1) is 32.8. The zero-order chi connectivity index (χ0) is 32.7. The number of fused-ring (bicyclic) bond motifs is 2. The average Bonchev–Trinajstić information content (AvgIpc) is 3.15. The first-order valence-corrected chi connectivity index (χ1v) is 14.2. The van der Waals surface area contributed by atoms with Crippen LogP contribution < -0.4 is 10.1 Å². The van der Waals surface area contributed by atoms with Gasteiger partial charge in [-0.15, -0.1) is 0 Å². The van der Waals surface area contributed by atoms with Gasteiger partial charge in [0.2, 0.25) is 5.88 Å². The minimum absolute atomic E-state index is 0.0136. The molecule has 3 aromatic heterocycles. The number of nitrogens with zero attached hydrogens (tertiary/aromatic N) is 3. The fourth-order valence-electron chi connectivity index (χ4n) is 4.15. The van der Waals surface area contributed by atoms with Crippen LogP contribution in [0.3, 0.4) is 0 Å². The summed E-state index contributed by atoms with van der Waals surface area (Å²) in [5, 5.41) is 50.9. The molecule has 4 heterocycles. The van der Waals surface area contributed by atoms with Gasteiger partial charge in [0.25, 0.3) is 11.8 Å². The zero-order valence-electron chi connectivity index (χ0n) is 23.0. The molecular formula is C28H24ClF3N4O8S. The van der Waals surface area contributed by atoms with Crippen LogP contribution in [0, 0.1) is 0 Å². The topological polar surface area (TPSA) is 187 Å². The summed E-state index contributed by atoms with van der Waals surface area (Å²) in [6.45, 7) is 0.472. The summed E-state index contributed by atoms with van der Waals surface area (Å²) in [6, 6.07) is 9.47. The number of pyridine rings is 3. The van der Waals surface area contributed by atoms with Gasteiger partial charge in [-0.05, 0) is 42.5 Å². The van der Waals surface area contributed by atoms with Crippen molar-refractivity contribution in [2.24, 2.45) is 0 Å². The fourth-order valence-corrected chi connectivity index (χ4v) is 5.43. The van der Waals surface area contributed by atoms with E-state index in [4.69, 9.17) is 16.3 Å². The van der Waals surface area contributed by atoms with Crippen LogP contribution >= 0.6 is 23.4 Å². The molecule has 5 rings (SSSR count). The quantitative estimate of drug-likeness (QED) is 0.151. The number of amides is 1. The highest BCUT2D eigenvalue weighted by Crippen LogP contribution is 2.37. The van der Waals surface area contributed by atoms with Gasteiger partial charge in [0.1, 0.15) is 5.69 Å². The van der Waals surface area contributed by atoms with Crippen molar-refractivity contribution in [2.75, 3.05) is 6.61 Å². The van der Waals surface area contributed by atoms with E-state index < -0.39 is 40.9 Å². The third kappa shape index (κ3) is 7.29. The van der Waals surface area contributed by atoms with E-state index in [1.165, 1.54) is 30.5 Å². The third-order valence-electron chi connectivity index (χ3n) is 6.49. The van der Waals surface area contributed by atoms with E-state index in [0.29, 0.717) is 34.0 Å². The Balaban J connectivity index is 1.41. The summed E-state index contributed by atoms with van der Waals surface area (Å²) < 4.78 is 51.9. The molecule has 4 aromatic rings. The Morgan fingerprint density at radius 2 is 1.89 bits per heavy atom. The molecule has 1 atom stereocenters. The predicted molar refractivity (Wildman–Crippen MR) is 153 cm³/mol. The van der Waals surface area contributed by atoms with Crippen molar-refractivity contribution in [1.29, 1.82) is 0 Å². The minimum Gasteiger partial charge on any atom is -0.415 e. The molecule has 0 bridgehead atoms. The van der Waals surface area contributed by atoms with E-state index in [2.05, 4.69) is 25.0 Å². The third-order valence-corrected chi connectivity index (χ3v) is 7.84. The Bertz CT molecular complexity index is 1770. The van der Waals surface area contributed by atoms with Crippen molar-refractivity contribution in [1.82, 2.24) is 20.3 Å². The highest BCUT2D eigenvalue weighted by Gasteiger charge is 2.51. The van der Waals surface area contributed by atoms with E-state index in [0.717, 1.165) is 23.9 Å². The lowest BCUT2D eigenvalue weighted by molar-refractivity contribution is -0.502. The molecule has 1 aliphatic rings. The molecule has 17 heteroatoms. The monoisotopic (exact) mass is 668 g/mol. The highest BCUT2D eigenvalue weighted by molar-refractivity contribution is 7.99. The van der Waals surface area contributed by atoms with Crippen LogP contribution in [0.1, 0.15) is 34.2 Å². The first-order valence-electron chi connectivity index (χ1n) is 13.0. The van der Waals surface area contributed by atoms with Crippen LogP contribution in [0.15, 0.2) is 53.6 Å². The second-order valence-corrected chi connectivity index (χ2v) is 11.6. The van der Waals surface area contributed by atoms with Crippen LogP contribution in [-0.2, 0) is 23.8 Å². The largest absolute Gasteiger partial charge is 0.415 e. The molecule has 6 N–H and O–H groups in total. The number of nitrogens with one attached hydrogen (secondary N) is 1. The predicted octanol–water partition coefficient (Wildman–Crippen LogP) is 2.95. The summed E-state index contributed by atoms with van der Waals surface area (Å²) in [7, 11) is 0. The molecule has 0 fully saturated rings. The molecule has 1 amide bonds. The van der Waals surface area contributed by atoms with Crippen LogP contribution in [0.5, 0.6) is 5.88 Å². The molecule has 1 aromatic carbocycles. The number of hydrogen-bond donors (Lipinski definition) is 6.